The van der Waals surface area contributed by atoms with Crippen LogP contribution in [0.15, 0.2) is 18.2 Å². The third kappa shape index (κ3) is 3.96. The summed E-state index contributed by atoms with van der Waals surface area (Å²) in [4.78, 5) is 11.7. The highest BCUT2D eigenvalue weighted by molar-refractivity contribution is 6.30. The maximum atomic E-state index is 13.1. The van der Waals surface area contributed by atoms with Crippen LogP contribution in [0.25, 0.3) is 0 Å². The summed E-state index contributed by atoms with van der Waals surface area (Å²) in [5.41, 5.74) is 0.728. The summed E-state index contributed by atoms with van der Waals surface area (Å²) in [7, 11) is 0. The van der Waals surface area contributed by atoms with Crippen molar-refractivity contribution in [1.82, 2.24) is 10.6 Å². The van der Waals surface area contributed by atoms with Gasteiger partial charge in [-0.25, -0.2) is 4.39 Å². The Hall–Kier alpha value is -1.13. The number of hydrogen-bond donors (Lipinski definition) is 2. The van der Waals surface area contributed by atoms with Crippen molar-refractivity contribution in [3.63, 3.8) is 0 Å². The van der Waals surface area contributed by atoms with Gasteiger partial charge in [-0.1, -0.05) is 11.6 Å². The van der Waals surface area contributed by atoms with Crippen LogP contribution in [-0.4, -0.2) is 18.0 Å². The first-order chi connectivity index (χ1) is 8.54. The molecule has 1 aromatic carbocycles. The number of hydrogen-bond acceptors (Lipinski definition) is 2. The zero-order valence-electron chi connectivity index (χ0n) is 10.2. The lowest BCUT2D eigenvalue weighted by atomic mass is 10.2. The molecule has 2 N–H and O–H groups in total. The van der Waals surface area contributed by atoms with Crippen molar-refractivity contribution in [3.8, 4) is 0 Å². The van der Waals surface area contributed by atoms with Crippen molar-refractivity contribution in [2.45, 2.75) is 38.4 Å². The smallest absolute Gasteiger partial charge is 0.237 e. The Morgan fingerprint density at radius 3 is 2.83 bits per heavy atom. The number of rotatable bonds is 5. The molecule has 1 fully saturated rings. The van der Waals surface area contributed by atoms with Gasteiger partial charge in [-0.05, 0) is 43.5 Å². The molecule has 1 saturated carbocycles. The van der Waals surface area contributed by atoms with E-state index in [0.717, 1.165) is 18.4 Å². The quantitative estimate of drug-likeness (QED) is 0.862. The zero-order valence-corrected chi connectivity index (χ0v) is 10.9. The van der Waals surface area contributed by atoms with Crippen LogP contribution in [0.1, 0.15) is 25.3 Å². The maximum absolute atomic E-state index is 13.1. The van der Waals surface area contributed by atoms with E-state index in [1.54, 1.807) is 13.0 Å². The Morgan fingerprint density at radius 2 is 2.22 bits per heavy atom. The lowest BCUT2D eigenvalue weighted by Crippen LogP contribution is -2.42. The van der Waals surface area contributed by atoms with Crippen molar-refractivity contribution in [1.29, 1.82) is 0 Å². The van der Waals surface area contributed by atoms with Crippen molar-refractivity contribution < 1.29 is 9.18 Å². The van der Waals surface area contributed by atoms with E-state index >= 15 is 0 Å². The van der Waals surface area contributed by atoms with E-state index in [4.69, 9.17) is 11.6 Å². The standard InChI is InChI=1S/C13H16ClFN2O/c1-8(13(18)17-12-2-3-12)16-7-9-4-10(14)6-11(15)5-9/h4-6,8,12,16H,2-3,7H2,1H3,(H,17,18). The Bertz CT molecular complexity index is 428. The molecule has 18 heavy (non-hydrogen) atoms. The van der Waals surface area contributed by atoms with Crippen LogP contribution in [0, 0.1) is 5.82 Å². The molecular weight excluding hydrogens is 255 g/mol. The van der Waals surface area contributed by atoms with Crippen LogP contribution < -0.4 is 10.6 Å². The summed E-state index contributed by atoms with van der Waals surface area (Å²) in [6, 6.07) is 4.40. The molecule has 1 amide bonds. The van der Waals surface area contributed by atoms with Gasteiger partial charge in [-0.3, -0.25) is 4.79 Å². The highest BCUT2D eigenvalue weighted by atomic mass is 35.5. The van der Waals surface area contributed by atoms with Crippen LogP contribution in [0.5, 0.6) is 0 Å². The monoisotopic (exact) mass is 270 g/mol. The fourth-order valence-corrected chi connectivity index (χ4v) is 1.87. The molecule has 0 radical (unpaired) electrons. The first-order valence-corrected chi connectivity index (χ1v) is 6.41. The third-order valence-corrected chi connectivity index (χ3v) is 3.07. The molecule has 0 bridgehead atoms. The molecule has 1 atom stereocenters. The van der Waals surface area contributed by atoms with Crippen molar-refractivity contribution in [2.24, 2.45) is 0 Å². The van der Waals surface area contributed by atoms with Crippen molar-refractivity contribution >= 4 is 17.5 Å². The predicted molar refractivity (Wildman–Crippen MR) is 68.9 cm³/mol. The average Bonchev–Trinajstić information content (AvgIpc) is 3.08. The van der Waals surface area contributed by atoms with Crippen molar-refractivity contribution in [3.05, 3.63) is 34.6 Å². The fraction of sp³-hybridized carbons (Fsp3) is 0.462. The number of halogens is 2. The largest absolute Gasteiger partial charge is 0.352 e. The second kappa shape index (κ2) is 5.67. The first-order valence-electron chi connectivity index (χ1n) is 6.03. The minimum Gasteiger partial charge on any atom is -0.352 e. The summed E-state index contributed by atoms with van der Waals surface area (Å²) < 4.78 is 13.1. The Morgan fingerprint density at radius 1 is 1.50 bits per heavy atom. The molecule has 1 aliphatic carbocycles. The van der Waals surface area contributed by atoms with Crippen LogP contribution in [0.3, 0.4) is 0 Å². The molecule has 1 unspecified atom stereocenters. The highest BCUT2D eigenvalue weighted by Gasteiger charge is 2.25. The van der Waals surface area contributed by atoms with E-state index in [2.05, 4.69) is 10.6 Å². The van der Waals surface area contributed by atoms with E-state index in [1.165, 1.54) is 12.1 Å². The van der Waals surface area contributed by atoms with Gasteiger partial charge in [-0.2, -0.15) is 0 Å². The summed E-state index contributed by atoms with van der Waals surface area (Å²) in [6.45, 7) is 2.20. The van der Waals surface area contributed by atoms with Crippen LogP contribution in [-0.2, 0) is 11.3 Å². The number of carbonyl (C=O) groups is 1. The molecule has 2 rings (SSSR count). The normalized spacial score (nSPS) is 16.4. The first kappa shape index (κ1) is 13.3. The average molecular weight is 271 g/mol. The topological polar surface area (TPSA) is 41.1 Å². The zero-order chi connectivity index (χ0) is 13.1. The minimum atomic E-state index is -0.366. The molecule has 0 spiro atoms. The lowest BCUT2D eigenvalue weighted by molar-refractivity contribution is -0.122. The Kier molecular flexibility index (Phi) is 4.19. The van der Waals surface area contributed by atoms with Gasteiger partial charge >= 0.3 is 0 Å². The van der Waals surface area contributed by atoms with E-state index in [1.807, 2.05) is 0 Å². The van der Waals surface area contributed by atoms with Gasteiger partial charge in [0.2, 0.25) is 5.91 Å². The minimum absolute atomic E-state index is 0.0139. The summed E-state index contributed by atoms with van der Waals surface area (Å²) in [6.07, 6.45) is 2.13. The fourth-order valence-electron chi connectivity index (χ4n) is 1.63. The molecule has 3 nitrogen and oxygen atoms in total. The molecule has 0 saturated heterocycles. The van der Waals surface area contributed by atoms with Crippen LogP contribution in [0.4, 0.5) is 4.39 Å². The van der Waals surface area contributed by atoms with E-state index in [0.29, 0.717) is 17.6 Å². The Balaban J connectivity index is 1.83. The molecule has 1 aliphatic rings. The molecule has 0 heterocycles. The van der Waals surface area contributed by atoms with E-state index < -0.39 is 0 Å². The summed E-state index contributed by atoms with van der Waals surface area (Å²) in [5, 5.41) is 6.32. The highest BCUT2D eigenvalue weighted by Crippen LogP contribution is 2.18. The van der Waals surface area contributed by atoms with Crippen LogP contribution >= 0.6 is 11.6 Å². The summed E-state index contributed by atoms with van der Waals surface area (Å²) >= 11 is 5.76. The molecular formula is C13H16ClFN2O. The second-order valence-electron chi connectivity index (χ2n) is 4.66. The lowest BCUT2D eigenvalue weighted by Gasteiger charge is -2.14. The third-order valence-electron chi connectivity index (χ3n) is 2.85. The molecule has 98 valence electrons. The number of nitrogens with one attached hydrogen (secondary N) is 2. The molecule has 0 aliphatic heterocycles. The predicted octanol–water partition coefficient (Wildman–Crippen LogP) is 2.24. The van der Waals surface area contributed by atoms with Gasteiger partial charge in [0, 0.05) is 17.6 Å². The molecule has 1 aromatic rings. The number of amides is 1. The van der Waals surface area contributed by atoms with Gasteiger partial charge in [0.15, 0.2) is 0 Å². The summed E-state index contributed by atoms with van der Waals surface area (Å²) in [5.74, 6) is -0.380. The second-order valence-corrected chi connectivity index (χ2v) is 5.10. The SMILES string of the molecule is CC(NCc1cc(F)cc(Cl)c1)C(=O)NC1CC1. The number of carbonyl (C=O) groups excluding carboxylic acids is 1. The van der Waals surface area contributed by atoms with Gasteiger partial charge in [-0.15, -0.1) is 0 Å². The van der Waals surface area contributed by atoms with Crippen molar-refractivity contribution in [2.75, 3.05) is 0 Å². The molecule has 5 heteroatoms. The van der Waals surface area contributed by atoms with E-state index in [9.17, 15) is 9.18 Å². The van der Waals surface area contributed by atoms with Gasteiger partial charge < -0.3 is 10.6 Å². The van der Waals surface area contributed by atoms with Gasteiger partial charge in [0.25, 0.3) is 0 Å². The number of benzene rings is 1. The molecule has 0 aromatic heterocycles. The van der Waals surface area contributed by atoms with E-state index in [-0.39, 0.29) is 17.8 Å². The van der Waals surface area contributed by atoms with Gasteiger partial charge in [0.1, 0.15) is 5.82 Å². The van der Waals surface area contributed by atoms with Crippen LogP contribution in [0.2, 0.25) is 5.02 Å². The van der Waals surface area contributed by atoms with Gasteiger partial charge in [0.05, 0.1) is 6.04 Å². The Labute approximate surface area is 111 Å². The maximum Gasteiger partial charge on any atom is 0.237 e.